The third-order valence-corrected chi connectivity index (χ3v) is 3.77. The summed E-state index contributed by atoms with van der Waals surface area (Å²) in [6.45, 7) is 6.47. The number of carbonyl (C=O) groups excluding carboxylic acids is 2. The zero-order valence-electron chi connectivity index (χ0n) is 14.9. The van der Waals surface area contributed by atoms with E-state index in [-0.39, 0.29) is 18.2 Å². The van der Waals surface area contributed by atoms with Crippen LogP contribution < -0.4 is 15.4 Å². The number of anilines is 2. The fraction of sp³-hybridized carbons (Fsp3) is 0.300. The molecule has 0 aliphatic rings. The molecule has 0 radical (unpaired) electrons. The summed E-state index contributed by atoms with van der Waals surface area (Å²) in [5.74, 6) is 0.0608. The number of aryl methyl sites for hydroxylation is 2. The van der Waals surface area contributed by atoms with Crippen LogP contribution in [0.15, 0.2) is 42.5 Å². The summed E-state index contributed by atoms with van der Waals surface area (Å²) in [5, 5.41) is 5.57. The molecule has 0 aliphatic carbocycles. The molecule has 5 nitrogen and oxygen atoms in total. The molecule has 0 heterocycles. The van der Waals surface area contributed by atoms with Crippen molar-refractivity contribution in [2.24, 2.45) is 0 Å². The lowest BCUT2D eigenvalue weighted by Crippen LogP contribution is -2.22. The van der Waals surface area contributed by atoms with Gasteiger partial charge < -0.3 is 15.4 Å². The summed E-state index contributed by atoms with van der Waals surface area (Å²) in [5.41, 5.74) is 3.47. The van der Waals surface area contributed by atoms with Crippen molar-refractivity contribution in [3.05, 3.63) is 53.6 Å². The Balaban J connectivity index is 1.93. The Morgan fingerprint density at radius 1 is 0.960 bits per heavy atom. The van der Waals surface area contributed by atoms with E-state index in [0.717, 1.165) is 29.0 Å². The van der Waals surface area contributed by atoms with Crippen LogP contribution in [0.25, 0.3) is 0 Å². The van der Waals surface area contributed by atoms with Crippen molar-refractivity contribution in [1.29, 1.82) is 0 Å². The standard InChI is InChI=1S/C20H24N2O3/c1-4-15-8-6-7-14(3)20(15)22-19(24)13-18(23)21-16-9-11-17(12-10-16)25-5-2/h6-12H,4-5,13H2,1-3H3,(H,21,23)(H,22,24). The van der Waals surface area contributed by atoms with Crippen molar-refractivity contribution in [2.75, 3.05) is 17.2 Å². The van der Waals surface area contributed by atoms with E-state index < -0.39 is 0 Å². The van der Waals surface area contributed by atoms with E-state index in [1.165, 1.54) is 0 Å². The zero-order chi connectivity index (χ0) is 18.2. The Morgan fingerprint density at radius 2 is 1.64 bits per heavy atom. The van der Waals surface area contributed by atoms with Gasteiger partial charge in [0.15, 0.2) is 0 Å². The molecule has 0 fully saturated rings. The second-order valence-corrected chi connectivity index (χ2v) is 5.69. The maximum atomic E-state index is 12.2. The molecule has 0 aromatic heterocycles. The first-order valence-electron chi connectivity index (χ1n) is 8.44. The number of hydrogen-bond donors (Lipinski definition) is 2. The van der Waals surface area contributed by atoms with Crippen LogP contribution in [0.2, 0.25) is 0 Å². The molecule has 0 atom stereocenters. The lowest BCUT2D eigenvalue weighted by molar-refractivity contribution is -0.123. The summed E-state index contributed by atoms with van der Waals surface area (Å²) < 4.78 is 5.35. The number of rotatable bonds is 7. The number of para-hydroxylation sites is 1. The van der Waals surface area contributed by atoms with Crippen molar-refractivity contribution in [3.63, 3.8) is 0 Å². The Bertz CT molecular complexity index is 739. The van der Waals surface area contributed by atoms with Crippen LogP contribution in [0, 0.1) is 6.92 Å². The first-order valence-corrected chi connectivity index (χ1v) is 8.44. The van der Waals surface area contributed by atoms with E-state index in [0.29, 0.717) is 12.3 Å². The molecule has 132 valence electrons. The summed E-state index contributed by atoms with van der Waals surface area (Å²) in [4.78, 5) is 24.2. The van der Waals surface area contributed by atoms with E-state index in [1.807, 2.05) is 39.0 Å². The van der Waals surface area contributed by atoms with Gasteiger partial charge in [0.05, 0.1) is 6.61 Å². The Kier molecular flexibility index (Phi) is 6.57. The van der Waals surface area contributed by atoms with Gasteiger partial charge in [0.25, 0.3) is 0 Å². The molecule has 0 unspecified atom stereocenters. The molecular formula is C20H24N2O3. The summed E-state index contributed by atoms with van der Waals surface area (Å²) in [6.07, 6.45) is 0.584. The summed E-state index contributed by atoms with van der Waals surface area (Å²) in [7, 11) is 0. The number of hydrogen-bond acceptors (Lipinski definition) is 3. The zero-order valence-corrected chi connectivity index (χ0v) is 14.9. The van der Waals surface area contributed by atoms with Gasteiger partial charge in [-0.1, -0.05) is 25.1 Å². The summed E-state index contributed by atoms with van der Waals surface area (Å²) >= 11 is 0. The highest BCUT2D eigenvalue weighted by molar-refractivity contribution is 6.08. The van der Waals surface area contributed by atoms with Gasteiger partial charge in [0.1, 0.15) is 12.2 Å². The minimum absolute atomic E-state index is 0.231. The summed E-state index contributed by atoms with van der Waals surface area (Å²) in [6, 6.07) is 12.9. The molecular weight excluding hydrogens is 316 g/mol. The van der Waals surface area contributed by atoms with Gasteiger partial charge >= 0.3 is 0 Å². The highest BCUT2D eigenvalue weighted by Gasteiger charge is 2.13. The minimum atomic E-state index is -0.353. The number of amides is 2. The topological polar surface area (TPSA) is 67.4 Å². The number of nitrogens with one attached hydrogen (secondary N) is 2. The van der Waals surface area contributed by atoms with Crippen LogP contribution >= 0.6 is 0 Å². The van der Waals surface area contributed by atoms with Crippen LogP contribution in [-0.2, 0) is 16.0 Å². The average Bonchev–Trinajstić information content (AvgIpc) is 2.58. The van der Waals surface area contributed by atoms with Gasteiger partial charge in [0, 0.05) is 11.4 Å². The SMILES string of the molecule is CCOc1ccc(NC(=O)CC(=O)Nc2c(C)cccc2CC)cc1. The van der Waals surface area contributed by atoms with Crippen molar-refractivity contribution in [3.8, 4) is 5.75 Å². The first-order chi connectivity index (χ1) is 12.0. The third kappa shape index (κ3) is 5.35. The molecule has 5 heteroatoms. The lowest BCUT2D eigenvalue weighted by Gasteiger charge is -2.13. The van der Waals surface area contributed by atoms with Crippen molar-refractivity contribution < 1.29 is 14.3 Å². The van der Waals surface area contributed by atoms with E-state index in [2.05, 4.69) is 10.6 Å². The molecule has 0 aliphatic heterocycles. The number of ether oxygens (including phenoxy) is 1. The molecule has 0 spiro atoms. The lowest BCUT2D eigenvalue weighted by atomic mass is 10.1. The van der Waals surface area contributed by atoms with Crippen LogP contribution in [0.3, 0.4) is 0 Å². The Morgan fingerprint density at radius 3 is 2.28 bits per heavy atom. The smallest absolute Gasteiger partial charge is 0.233 e. The largest absolute Gasteiger partial charge is 0.494 e. The maximum Gasteiger partial charge on any atom is 0.233 e. The quantitative estimate of drug-likeness (QED) is 0.751. The fourth-order valence-electron chi connectivity index (χ4n) is 2.54. The van der Waals surface area contributed by atoms with Gasteiger partial charge in [0.2, 0.25) is 11.8 Å². The third-order valence-electron chi connectivity index (χ3n) is 3.77. The van der Waals surface area contributed by atoms with Gasteiger partial charge in [-0.2, -0.15) is 0 Å². The van der Waals surface area contributed by atoms with Crippen molar-refractivity contribution >= 4 is 23.2 Å². The van der Waals surface area contributed by atoms with E-state index in [4.69, 9.17) is 4.74 Å². The Hall–Kier alpha value is -2.82. The van der Waals surface area contributed by atoms with Crippen molar-refractivity contribution in [2.45, 2.75) is 33.6 Å². The molecule has 0 saturated heterocycles. The first kappa shape index (κ1) is 18.5. The Labute approximate surface area is 148 Å². The average molecular weight is 340 g/mol. The van der Waals surface area contributed by atoms with E-state index in [1.54, 1.807) is 24.3 Å². The molecule has 0 saturated carbocycles. The van der Waals surface area contributed by atoms with Gasteiger partial charge in [-0.25, -0.2) is 0 Å². The van der Waals surface area contributed by atoms with Gasteiger partial charge in [-0.15, -0.1) is 0 Å². The number of carbonyl (C=O) groups is 2. The van der Waals surface area contributed by atoms with Crippen LogP contribution in [-0.4, -0.2) is 18.4 Å². The van der Waals surface area contributed by atoms with Gasteiger partial charge in [-0.05, 0) is 55.7 Å². The molecule has 2 amide bonds. The normalized spacial score (nSPS) is 10.2. The van der Waals surface area contributed by atoms with Crippen LogP contribution in [0.4, 0.5) is 11.4 Å². The fourth-order valence-corrected chi connectivity index (χ4v) is 2.54. The predicted molar refractivity (Wildman–Crippen MR) is 100 cm³/mol. The second kappa shape index (κ2) is 8.87. The van der Waals surface area contributed by atoms with E-state index >= 15 is 0 Å². The van der Waals surface area contributed by atoms with Crippen molar-refractivity contribution in [1.82, 2.24) is 0 Å². The molecule has 2 aromatic rings. The molecule has 2 N–H and O–H groups in total. The van der Waals surface area contributed by atoms with Crippen LogP contribution in [0.1, 0.15) is 31.4 Å². The molecule has 25 heavy (non-hydrogen) atoms. The molecule has 2 rings (SSSR count). The monoisotopic (exact) mass is 340 g/mol. The highest BCUT2D eigenvalue weighted by Crippen LogP contribution is 2.21. The highest BCUT2D eigenvalue weighted by atomic mass is 16.5. The molecule has 2 aromatic carbocycles. The van der Waals surface area contributed by atoms with E-state index in [9.17, 15) is 9.59 Å². The second-order valence-electron chi connectivity index (χ2n) is 5.69. The predicted octanol–water partition coefficient (Wildman–Crippen LogP) is 3.92. The number of benzene rings is 2. The van der Waals surface area contributed by atoms with Gasteiger partial charge in [-0.3, -0.25) is 9.59 Å². The minimum Gasteiger partial charge on any atom is -0.494 e. The maximum absolute atomic E-state index is 12.2. The molecule has 0 bridgehead atoms. The van der Waals surface area contributed by atoms with Crippen LogP contribution in [0.5, 0.6) is 5.75 Å².